The van der Waals surface area contributed by atoms with Gasteiger partial charge in [-0.15, -0.1) is 0 Å². The van der Waals surface area contributed by atoms with Crippen LogP contribution < -0.4 is 10.1 Å². The van der Waals surface area contributed by atoms with Crippen LogP contribution in [-0.2, 0) is 0 Å². The Balaban J connectivity index is 2.11. The first-order valence-electron chi connectivity index (χ1n) is 7.51. The number of nitrogens with zero attached hydrogens (tertiary/aromatic N) is 2. The van der Waals surface area contributed by atoms with Gasteiger partial charge in [0.05, 0.1) is 5.56 Å². The molecule has 0 saturated heterocycles. The fourth-order valence-corrected chi connectivity index (χ4v) is 2.51. The van der Waals surface area contributed by atoms with Gasteiger partial charge in [0.25, 0.3) is 0 Å². The fourth-order valence-electron chi connectivity index (χ4n) is 2.51. The maximum absolute atomic E-state index is 6.09. The lowest BCUT2D eigenvalue weighted by Gasteiger charge is -2.21. The number of fused-ring (bicyclic) bond motifs is 2. The number of nitrogens with one attached hydrogen (secondary N) is 1. The summed E-state index contributed by atoms with van der Waals surface area (Å²) < 4.78 is 6.09. The van der Waals surface area contributed by atoms with Crippen LogP contribution in [0.1, 0.15) is 11.1 Å². The van der Waals surface area contributed by atoms with Crippen molar-refractivity contribution < 1.29 is 4.74 Å². The van der Waals surface area contributed by atoms with E-state index in [4.69, 9.17) is 9.73 Å². The zero-order valence-corrected chi connectivity index (χ0v) is 13.3. The van der Waals surface area contributed by atoms with Crippen molar-refractivity contribution in [2.45, 2.75) is 6.92 Å². The molecule has 0 radical (unpaired) electrons. The SMILES string of the molecule is CNCCN(C)C1=Nc2ccccc2Oc2ccc(C)cc21. The molecule has 0 atom stereocenters. The zero-order chi connectivity index (χ0) is 15.5. The molecule has 114 valence electrons. The zero-order valence-electron chi connectivity index (χ0n) is 13.3. The van der Waals surface area contributed by atoms with Gasteiger partial charge in [-0.1, -0.05) is 23.8 Å². The first kappa shape index (κ1) is 14.6. The predicted octanol–water partition coefficient (Wildman–Crippen LogP) is 3.33. The number of likely N-dealkylation sites (N-methyl/N-ethyl adjacent to an activating group) is 2. The van der Waals surface area contributed by atoms with Gasteiger partial charge >= 0.3 is 0 Å². The van der Waals surface area contributed by atoms with E-state index in [2.05, 4.69) is 36.3 Å². The van der Waals surface area contributed by atoms with Crippen molar-refractivity contribution in [2.24, 2.45) is 4.99 Å². The van der Waals surface area contributed by atoms with Gasteiger partial charge < -0.3 is 15.0 Å². The molecule has 0 unspecified atom stereocenters. The van der Waals surface area contributed by atoms with E-state index < -0.39 is 0 Å². The Bertz CT molecular complexity index is 709. The van der Waals surface area contributed by atoms with Crippen LogP contribution in [0.3, 0.4) is 0 Å². The molecule has 0 saturated carbocycles. The van der Waals surface area contributed by atoms with Gasteiger partial charge in [0.2, 0.25) is 0 Å². The van der Waals surface area contributed by atoms with Crippen LogP contribution in [0.4, 0.5) is 5.69 Å². The number of para-hydroxylation sites is 2. The van der Waals surface area contributed by atoms with E-state index in [1.807, 2.05) is 37.4 Å². The Labute approximate surface area is 131 Å². The lowest BCUT2D eigenvalue weighted by Crippen LogP contribution is -2.33. The Kier molecular flexibility index (Phi) is 4.11. The largest absolute Gasteiger partial charge is 0.454 e. The van der Waals surface area contributed by atoms with Crippen molar-refractivity contribution in [1.82, 2.24) is 10.2 Å². The molecule has 2 aromatic rings. The molecule has 1 aliphatic rings. The number of benzene rings is 2. The summed E-state index contributed by atoms with van der Waals surface area (Å²) in [6.07, 6.45) is 0. The molecule has 1 aliphatic heterocycles. The minimum Gasteiger partial charge on any atom is -0.454 e. The third kappa shape index (κ3) is 2.83. The minimum atomic E-state index is 0.796. The van der Waals surface area contributed by atoms with Gasteiger partial charge in [-0.05, 0) is 38.2 Å². The second-order valence-electron chi connectivity index (χ2n) is 5.53. The number of hydrogen-bond acceptors (Lipinski definition) is 4. The van der Waals surface area contributed by atoms with Crippen molar-refractivity contribution in [1.29, 1.82) is 0 Å². The molecular weight excluding hydrogens is 274 g/mol. The summed E-state index contributed by atoms with van der Waals surface area (Å²) in [7, 11) is 4.02. The third-order valence-corrected chi connectivity index (χ3v) is 3.75. The molecule has 1 N–H and O–H groups in total. The lowest BCUT2D eigenvalue weighted by atomic mass is 10.1. The highest BCUT2D eigenvalue weighted by atomic mass is 16.5. The topological polar surface area (TPSA) is 36.9 Å². The molecule has 0 aromatic heterocycles. The van der Waals surface area contributed by atoms with Crippen LogP contribution >= 0.6 is 0 Å². The Hall–Kier alpha value is -2.33. The smallest absolute Gasteiger partial charge is 0.153 e. The van der Waals surface area contributed by atoms with Crippen LogP contribution in [0.5, 0.6) is 11.5 Å². The van der Waals surface area contributed by atoms with Crippen LogP contribution in [-0.4, -0.2) is 37.9 Å². The molecule has 1 heterocycles. The van der Waals surface area contributed by atoms with Crippen LogP contribution in [0, 0.1) is 6.92 Å². The molecule has 0 amide bonds. The number of aliphatic imine (C=N–C) groups is 1. The predicted molar refractivity (Wildman–Crippen MR) is 90.4 cm³/mol. The summed E-state index contributed by atoms with van der Waals surface area (Å²) >= 11 is 0. The van der Waals surface area contributed by atoms with Crippen molar-refractivity contribution in [2.75, 3.05) is 27.2 Å². The maximum atomic E-state index is 6.09. The standard InChI is InChI=1S/C18H21N3O/c1-13-8-9-16-14(12-13)18(21(3)11-10-19-2)20-15-6-4-5-7-17(15)22-16/h4-9,12,19H,10-11H2,1-3H3. The summed E-state index contributed by atoms with van der Waals surface area (Å²) in [6.45, 7) is 3.87. The monoisotopic (exact) mass is 295 g/mol. The maximum Gasteiger partial charge on any atom is 0.153 e. The normalized spacial score (nSPS) is 12.6. The van der Waals surface area contributed by atoms with Crippen LogP contribution in [0.15, 0.2) is 47.5 Å². The molecule has 4 nitrogen and oxygen atoms in total. The van der Waals surface area contributed by atoms with E-state index in [-0.39, 0.29) is 0 Å². The van der Waals surface area contributed by atoms with Gasteiger partial charge in [-0.2, -0.15) is 0 Å². The quantitative estimate of drug-likeness (QED) is 0.943. The summed E-state index contributed by atoms with van der Waals surface area (Å²) in [4.78, 5) is 7.03. The van der Waals surface area contributed by atoms with E-state index in [1.54, 1.807) is 0 Å². The first-order chi connectivity index (χ1) is 10.7. The minimum absolute atomic E-state index is 0.796. The van der Waals surface area contributed by atoms with E-state index in [0.717, 1.165) is 41.7 Å². The molecule has 2 aromatic carbocycles. The number of amidine groups is 1. The second-order valence-corrected chi connectivity index (χ2v) is 5.53. The van der Waals surface area contributed by atoms with Crippen molar-refractivity contribution in [3.63, 3.8) is 0 Å². The van der Waals surface area contributed by atoms with E-state index in [9.17, 15) is 0 Å². The summed E-state index contributed by atoms with van der Waals surface area (Å²) in [6, 6.07) is 14.1. The summed E-state index contributed by atoms with van der Waals surface area (Å²) in [5, 5.41) is 3.18. The number of hydrogen-bond donors (Lipinski definition) is 1. The van der Waals surface area contributed by atoms with E-state index in [0.29, 0.717) is 0 Å². The molecule has 4 heteroatoms. The highest BCUT2D eigenvalue weighted by Crippen LogP contribution is 2.37. The second kappa shape index (κ2) is 6.20. The summed E-state index contributed by atoms with van der Waals surface area (Å²) in [5.41, 5.74) is 3.10. The average molecular weight is 295 g/mol. The van der Waals surface area contributed by atoms with Gasteiger partial charge in [-0.25, -0.2) is 4.99 Å². The van der Waals surface area contributed by atoms with Crippen LogP contribution in [0.2, 0.25) is 0 Å². The average Bonchev–Trinajstić information content (AvgIpc) is 2.69. The van der Waals surface area contributed by atoms with Crippen molar-refractivity contribution >= 4 is 11.5 Å². The fraction of sp³-hybridized carbons (Fsp3) is 0.278. The van der Waals surface area contributed by atoms with Crippen LogP contribution in [0.25, 0.3) is 0 Å². The number of aryl methyl sites for hydroxylation is 1. The van der Waals surface area contributed by atoms with Gasteiger partial charge in [0.1, 0.15) is 17.3 Å². The molecule has 0 bridgehead atoms. The Morgan fingerprint density at radius 3 is 2.77 bits per heavy atom. The Morgan fingerprint density at radius 1 is 1.14 bits per heavy atom. The van der Waals surface area contributed by atoms with Gasteiger partial charge in [0, 0.05) is 20.1 Å². The highest BCUT2D eigenvalue weighted by molar-refractivity contribution is 6.03. The molecular formula is C18H21N3O. The molecule has 3 rings (SSSR count). The summed E-state index contributed by atoms with van der Waals surface area (Å²) in [5.74, 6) is 2.59. The van der Waals surface area contributed by atoms with Crippen molar-refractivity contribution in [3.8, 4) is 11.5 Å². The van der Waals surface area contributed by atoms with E-state index >= 15 is 0 Å². The molecule has 22 heavy (non-hydrogen) atoms. The van der Waals surface area contributed by atoms with Gasteiger partial charge in [0.15, 0.2) is 5.75 Å². The molecule has 0 fully saturated rings. The third-order valence-electron chi connectivity index (χ3n) is 3.75. The van der Waals surface area contributed by atoms with Crippen molar-refractivity contribution in [3.05, 3.63) is 53.6 Å². The van der Waals surface area contributed by atoms with Gasteiger partial charge in [-0.3, -0.25) is 0 Å². The Morgan fingerprint density at radius 2 is 1.95 bits per heavy atom. The number of rotatable bonds is 3. The molecule has 0 aliphatic carbocycles. The van der Waals surface area contributed by atoms with E-state index in [1.165, 1.54) is 5.56 Å². The highest BCUT2D eigenvalue weighted by Gasteiger charge is 2.20. The number of ether oxygens (including phenoxy) is 1. The molecule has 0 spiro atoms. The lowest BCUT2D eigenvalue weighted by molar-refractivity contribution is 0.478. The first-order valence-corrected chi connectivity index (χ1v) is 7.51.